The third-order valence-electron chi connectivity index (χ3n) is 2.97. The van der Waals surface area contributed by atoms with Crippen LogP contribution in [0.25, 0.3) is 11.1 Å². The lowest BCUT2D eigenvalue weighted by Crippen LogP contribution is -2.33. The van der Waals surface area contributed by atoms with E-state index in [0.29, 0.717) is 12.5 Å². The van der Waals surface area contributed by atoms with Crippen LogP contribution < -0.4 is 10.6 Å². The standard InChI is InChI=1S/C16H15ClN4/c1-19-16(21-11-18)20-10-12-5-7-13(8-6-12)14-3-2-4-15(17)9-14/h2-9H,10H2,1H3,(H2,19,20,21). The van der Waals surface area contributed by atoms with Gasteiger partial charge < -0.3 is 5.32 Å². The van der Waals surface area contributed by atoms with Gasteiger partial charge in [0.2, 0.25) is 5.96 Å². The van der Waals surface area contributed by atoms with Crippen LogP contribution in [0.2, 0.25) is 5.02 Å². The predicted molar refractivity (Wildman–Crippen MR) is 85.8 cm³/mol. The van der Waals surface area contributed by atoms with Gasteiger partial charge >= 0.3 is 0 Å². The summed E-state index contributed by atoms with van der Waals surface area (Å²) in [7, 11) is 1.62. The summed E-state index contributed by atoms with van der Waals surface area (Å²) in [5.74, 6) is 0.455. The number of halogens is 1. The van der Waals surface area contributed by atoms with E-state index in [-0.39, 0.29) is 0 Å². The van der Waals surface area contributed by atoms with Gasteiger partial charge in [0.1, 0.15) is 0 Å². The summed E-state index contributed by atoms with van der Waals surface area (Å²) in [6.07, 6.45) is 1.84. The minimum Gasteiger partial charge on any atom is -0.352 e. The van der Waals surface area contributed by atoms with Crippen molar-refractivity contribution < 1.29 is 0 Å². The van der Waals surface area contributed by atoms with Crippen molar-refractivity contribution in [2.24, 2.45) is 4.99 Å². The van der Waals surface area contributed by atoms with Gasteiger partial charge in [-0.2, -0.15) is 5.26 Å². The number of hydrogen-bond donors (Lipinski definition) is 2. The Morgan fingerprint density at radius 3 is 2.57 bits per heavy atom. The number of benzene rings is 2. The fraction of sp³-hybridized carbons (Fsp3) is 0.125. The van der Waals surface area contributed by atoms with E-state index in [1.165, 1.54) is 0 Å². The fourth-order valence-corrected chi connectivity index (χ4v) is 2.09. The first-order valence-electron chi connectivity index (χ1n) is 6.43. The SMILES string of the molecule is CN=C(NC#N)NCc1ccc(-c2cccc(Cl)c2)cc1. The molecule has 2 aromatic rings. The van der Waals surface area contributed by atoms with E-state index in [1.807, 2.05) is 54.7 Å². The second-order valence-electron chi connectivity index (χ2n) is 4.37. The van der Waals surface area contributed by atoms with E-state index in [9.17, 15) is 0 Å². The fourth-order valence-electron chi connectivity index (χ4n) is 1.90. The molecule has 0 aromatic heterocycles. The molecule has 0 fully saturated rings. The van der Waals surface area contributed by atoms with Crippen molar-refractivity contribution >= 4 is 17.6 Å². The van der Waals surface area contributed by atoms with Crippen molar-refractivity contribution in [3.8, 4) is 17.3 Å². The molecule has 0 atom stereocenters. The van der Waals surface area contributed by atoms with E-state index in [4.69, 9.17) is 16.9 Å². The van der Waals surface area contributed by atoms with Crippen LogP contribution in [-0.4, -0.2) is 13.0 Å². The lowest BCUT2D eigenvalue weighted by molar-refractivity contribution is 0.880. The Hall–Kier alpha value is -2.51. The average Bonchev–Trinajstić information content (AvgIpc) is 2.52. The van der Waals surface area contributed by atoms with Gasteiger partial charge in [0.25, 0.3) is 0 Å². The summed E-state index contributed by atoms with van der Waals surface area (Å²) in [6, 6.07) is 15.9. The lowest BCUT2D eigenvalue weighted by atomic mass is 10.0. The van der Waals surface area contributed by atoms with Crippen LogP contribution in [0.5, 0.6) is 0 Å². The topological polar surface area (TPSA) is 60.2 Å². The van der Waals surface area contributed by atoms with E-state index in [1.54, 1.807) is 7.05 Å². The largest absolute Gasteiger partial charge is 0.352 e. The molecule has 2 aromatic carbocycles. The van der Waals surface area contributed by atoms with Crippen molar-refractivity contribution in [3.63, 3.8) is 0 Å². The zero-order valence-electron chi connectivity index (χ0n) is 11.6. The molecular weight excluding hydrogens is 284 g/mol. The highest BCUT2D eigenvalue weighted by molar-refractivity contribution is 6.30. The summed E-state index contributed by atoms with van der Waals surface area (Å²) in [5.41, 5.74) is 3.30. The number of rotatable bonds is 3. The first-order valence-corrected chi connectivity index (χ1v) is 6.81. The van der Waals surface area contributed by atoms with Gasteiger partial charge in [-0.1, -0.05) is 48.0 Å². The average molecular weight is 299 g/mol. The summed E-state index contributed by atoms with van der Waals surface area (Å²) in [4.78, 5) is 3.92. The first kappa shape index (κ1) is 14.9. The van der Waals surface area contributed by atoms with E-state index in [2.05, 4.69) is 15.6 Å². The highest BCUT2D eigenvalue weighted by atomic mass is 35.5. The predicted octanol–water partition coefficient (Wildman–Crippen LogP) is 3.15. The number of nitriles is 1. The number of guanidine groups is 1. The maximum atomic E-state index is 8.56. The Balaban J connectivity index is 2.04. The van der Waals surface area contributed by atoms with E-state index >= 15 is 0 Å². The van der Waals surface area contributed by atoms with Gasteiger partial charge in [-0.25, -0.2) is 0 Å². The Labute approximate surface area is 129 Å². The molecule has 0 spiro atoms. The summed E-state index contributed by atoms with van der Waals surface area (Å²) < 4.78 is 0. The second-order valence-corrected chi connectivity index (χ2v) is 4.81. The molecule has 0 unspecified atom stereocenters. The van der Waals surface area contributed by atoms with Gasteiger partial charge in [0.15, 0.2) is 6.19 Å². The molecule has 4 nitrogen and oxygen atoms in total. The second kappa shape index (κ2) is 7.32. The number of aliphatic imine (C=N–C) groups is 1. The van der Waals surface area contributed by atoms with Crippen LogP contribution >= 0.6 is 11.6 Å². The zero-order valence-corrected chi connectivity index (χ0v) is 12.4. The molecule has 0 heterocycles. The third kappa shape index (κ3) is 4.23. The van der Waals surface area contributed by atoms with Gasteiger partial charge in [-0.15, -0.1) is 0 Å². The Kier molecular flexibility index (Phi) is 5.19. The Morgan fingerprint density at radius 1 is 1.19 bits per heavy atom. The number of hydrogen-bond acceptors (Lipinski definition) is 2. The first-order chi connectivity index (χ1) is 10.2. The maximum Gasteiger partial charge on any atom is 0.204 e. The van der Waals surface area contributed by atoms with Gasteiger partial charge in [0, 0.05) is 18.6 Å². The molecule has 0 saturated carbocycles. The molecule has 0 radical (unpaired) electrons. The molecule has 0 aliphatic rings. The van der Waals surface area contributed by atoms with Crippen molar-refractivity contribution in [3.05, 3.63) is 59.1 Å². The van der Waals surface area contributed by atoms with E-state index < -0.39 is 0 Å². The molecule has 0 saturated heterocycles. The van der Waals surface area contributed by atoms with E-state index in [0.717, 1.165) is 21.7 Å². The van der Waals surface area contributed by atoms with Gasteiger partial charge in [-0.3, -0.25) is 10.3 Å². The number of nitrogens with zero attached hydrogens (tertiary/aromatic N) is 2. The molecule has 106 valence electrons. The lowest BCUT2D eigenvalue weighted by Gasteiger charge is -2.08. The summed E-state index contributed by atoms with van der Waals surface area (Å²) in [5, 5.41) is 14.8. The minimum absolute atomic E-state index is 0.455. The van der Waals surface area contributed by atoms with Crippen LogP contribution in [0, 0.1) is 11.5 Å². The van der Waals surface area contributed by atoms with Gasteiger partial charge in [-0.05, 0) is 28.8 Å². The van der Waals surface area contributed by atoms with Gasteiger partial charge in [0.05, 0.1) is 0 Å². The van der Waals surface area contributed by atoms with Crippen LogP contribution in [0.3, 0.4) is 0 Å². The van der Waals surface area contributed by atoms with Crippen LogP contribution in [-0.2, 0) is 6.54 Å². The highest BCUT2D eigenvalue weighted by Crippen LogP contribution is 2.22. The van der Waals surface area contributed by atoms with Crippen molar-refractivity contribution in [1.29, 1.82) is 5.26 Å². The maximum absolute atomic E-state index is 8.56. The summed E-state index contributed by atoms with van der Waals surface area (Å²) in [6.45, 7) is 0.594. The molecule has 5 heteroatoms. The molecule has 0 aliphatic carbocycles. The van der Waals surface area contributed by atoms with Crippen LogP contribution in [0.1, 0.15) is 5.56 Å². The zero-order chi connectivity index (χ0) is 15.1. The van der Waals surface area contributed by atoms with Crippen molar-refractivity contribution in [2.45, 2.75) is 6.54 Å². The number of nitrogens with one attached hydrogen (secondary N) is 2. The van der Waals surface area contributed by atoms with Crippen LogP contribution in [0.15, 0.2) is 53.5 Å². The normalized spacial score (nSPS) is 10.8. The monoisotopic (exact) mass is 298 g/mol. The molecule has 21 heavy (non-hydrogen) atoms. The smallest absolute Gasteiger partial charge is 0.204 e. The Bertz CT molecular complexity index is 671. The molecule has 0 aliphatic heterocycles. The molecule has 0 amide bonds. The highest BCUT2D eigenvalue weighted by Gasteiger charge is 2.00. The third-order valence-corrected chi connectivity index (χ3v) is 3.20. The molecular formula is C16H15ClN4. The quantitative estimate of drug-likeness (QED) is 0.396. The minimum atomic E-state index is 0.455. The molecule has 2 N–H and O–H groups in total. The van der Waals surface area contributed by atoms with Crippen molar-refractivity contribution in [2.75, 3.05) is 7.05 Å². The Morgan fingerprint density at radius 2 is 1.95 bits per heavy atom. The molecule has 2 rings (SSSR count). The van der Waals surface area contributed by atoms with Crippen LogP contribution in [0.4, 0.5) is 0 Å². The molecule has 0 bridgehead atoms. The van der Waals surface area contributed by atoms with Crippen molar-refractivity contribution in [1.82, 2.24) is 10.6 Å². The summed E-state index contributed by atoms with van der Waals surface area (Å²) >= 11 is 6.00.